The number of carbonyl (C=O) groups excluding carboxylic acids is 1. The highest BCUT2D eigenvalue weighted by molar-refractivity contribution is 7.07. The van der Waals surface area contributed by atoms with Gasteiger partial charge in [0.2, 0.25) is 0 Å². The van der Waals surface area contributed by atoms with Crippen molar-refractivity contribution in [3.63, 3.8) is 0 Å². The predicted molar refractivity (Wildman–Crippen MR) is 76.1 cm³/mol. The van der Waals surface area contributed by atoms with Gasteiger partial charge in [-0.25, -0.2) is 14.6 Å². The molecule has 20 heavy (non-hydrogen) atoms. The van der Waals surface area contributed by atoms with Crippen molar-refractivity contribution >= 4 is 29.0 Å². The Labute approximate surface area is 119 Å². The lowest BCUT2D eigenvalue weighted by Gasteiger charge is -2.08. The molecule has 0 spiro atoms. The molecule has 1 aromatic carbocycles. The van der Waals surface area contributed by atoms with Crippen molar-refractivity contribution in [2.75, 3.05) is 5.32 Å². The molecule has 0 atom stereocenters. The number of carboxylic acids is 1. The van der Waals surface area contributed by atoms with Gasteiger partial charge in [0, 0.05) is 11.1 Å². The van der Waals surface area contributed by atoms with Crippen LogP contribution in [0.2, 0.25) is 0 Å². The summed E-state index contributed by atoms with van der Waals surface area (Å²) in [5.74, 6) is -1.02. The van der Waals surface area contributed by atoms with E-state index < -0.39 is 12.0 Å². The van der Waals surface area contributed by atoms with Gasteiger partial charge in [-0.2, -0.15) is 0 Å². The average Bonchev–Trinajstić information content (AvgIpc) is 2.91. The van der Waals surface area contributed by atoms with E-state index in [0.29, 0.717) is 17.8 Å². The van der Waals surface area contributed by atoms with E-state index in [2.05, 4.69) is 15.6 Å². The normalized spacial score (nSPS) is 10.1. The predicted octanol–water partition coefficient (Wildman–Crippen LogP) is 2.47. The average molecular weight is 291 g/mol. The molecule has 2 rings (SSSR count). The maximum atomic E-state index is 11.7. The summed E-state index contributed by atoms with van der Waals surface area (Å²) < 4.78 is 0. The topological polar surface area (TPSA) is 91.3 Å². The molecule has 0 aliphatic carbocycles. The lowest BCUT2D eigenvalue weighted by Crippen LogP contribution is -2.28. The second kappa shape index (κ2) is 6.16. The van der Waals surface area contributed by atoms with Gasteiger partial charge in [-0.3, -0.25) is 0 Å². The first-order chi connectivity index (χ1) is 9.56. The number of nitrogens with zero attached hydrogens (tertiary/aromatic N) is 1. The Balaban J connectivity index is 1.97. The van der Waals surface area contributed by atoms with Gasteiger partial charge in [0.05, 0.1) is 23.3 Å². The molecule has 1 aromatic heterocycles. The van der Waals surface area contributed by atoms with E-state index in [-0.39, 0.29) is 5.56 Å². The number of anilines is 1. The molecule has 7 heteroatoms. The minimum atomic E-state index is -1.02. The largest absolute Gasteiger partial charge is 0.478 e. The van der Waals surface area contributed by atoms with Crippen LogP contribution in [0.3, 0.4) is 0 Å². The molecule has 0 aliphatic heterocycles. The van der Waals surface area contributed by atoms with Crippen LogP contribution in [0.4, 0.5) is 10.5 Å². The monoisotopic (exact) mass is 291 g/mol. The first-order valence-electron chi connectivity index (χ1n) is 5.82. The summed E-state index contributed by atoms with van der Waals surface area (Å²) in [6.45, 7) is 2.03. The van der Waals surface area contributed by atoms with Crippen LogP contribution in [0, 0.1) is 6.92 Å². The molecule has 0 saturated carbocycles. The van der Waals surface area contributed by atoms with E-state index in [4.69, 9.17) is 5.11 Å². The fourth-order valence-electron chi connectivity index (χ4n) is 1.60. The summed E-state index contributed by atoms with van der Waals surface area (Å²) in [5.41, 5.74) is 3.71. The minimum absolute atomic E-state index is 0.169. The van der Waals surface area contributed by atoms with Gasteiger partial charge in [-0.05, 0) is 24.6 Å². The second-order valence-corrected chi connectivity index (χ2v) is 4.84. The quantitative estimate of drug-likeness (QED) is 0.807. The fourth-order valence-corrected chi connectivity index (χ4v) is 2.16. The molecular formula is C13H13N3O3S. The van der Waals surface area contributed by atoms with E-state index in [1.807, 2.05) is 5.38 Å². The number of carboxylic acid groups (broad SMARTS) is 1. The van der Waals surface area contributed by atoms with Gasteiger partial charge in [0.1, 0.15) is 0 Å². The van der Waals surface area contributed by atoms with Gasteiger partial charge in [0.15, 0.2) is 0 Å². The zero-order valence-electron chi connectivity index (χ0n) is 10.7. The number of carbonyl (C=O) groups is 2. The van der Waals surface area contributed by atoms with Crippen LogP contribution in [0.15, 0.2) is 29.1 Å². The fraction of sp³-hybridized carbons (Fsp3) is 0.154. The number of hydrogen-bond acceptors (Lipinski definition) is 4. The zero-order valence-corrected chi connectivity index (χ0v) is 11.5. The van der Waals surface area contributed by atoms with Crippen LogP contribution in [-0.4, -0.2) is 22.1 Å². The summed E-state index contributed by atoms with van der Waals surface area (Å²) in [5, 5.41) is 16.1. The Morgan fingerprint density at radius 3 is 2.85 bits per heavy atom. The Bertz CT molecular complexity index is 626. The van der Waals surface area contributed by atoms with E-state index in [9.17, 15) is 9.59 Å². The number of urea groups is 1. The van der Waals surface area contributed by atoms with Crippen molar-refractivity contribution in [1.82, 2.24) is 10.3 Å². The summed E-state index contributed by atoms with van der Waals surface area (Å²) >= 11 is 1.45. The molecule has 0 saturated heterocycles. The third-order valence-corrected chi connectivity index (χ3v) is 3.27. The number of aryl methyl sites for hydroxylation is 1. The van der Waals surface area contributed by atoms with E-state index in [0.717, 1.165) is 5.69 Å². The van der Waals surface area contributed by atoms with Gasteiger partial charge < -0.3 is 15.7 Å². The number of aromatic nitrogens is 1. The summed E-state index contributed by atoms with van der Waals surface area (Å²) in [6, 6.07) is 4.34. The highest BCUT2D eigenvalue weighted by Crippen LogP contribution is 2.15. The number of amides is 2. The van der Waals surface area contributed by atoms with E-state index >= 15 is 0 Å². The Kier molecular flexibility index (Phi) is 4.31. The van der Waals surface area contributed by atoms with E-state index in [1.165, 1.54) is 17.4 Å². The summed E-state index contributed by atoms with van der Waals surface area (Å²) in [4.78, 5) is 26.7. The van der Waals surface area contributed by atoms with Crippen molar-refractivity contribution < 1.29 is 14.7 Å². The van der Waals surface area contributed by atoms with Crippen LogP contribution in [0.1, 0.15) is 21.6 Å². The SMILES string of the molecule is Cc1ccc(NC(=O)NCc2cscn2)cc1C(=O)O. The van der Waals surface area contributed by atoms with Crippen LogP contribution < -0.4 is 10.6 Å². The highest BCUT2D eigenvalue weighted by atomic mass is 32.1. The maximum Gasteiger partial charge on any atom is 0.336 e. The van der Waals surface area contributed by atoms with Crippen LogP contribution >= 0.6 is 11.3 Å². The van der Waals surface area contributed by atoms with Gasteiger partial charge in [-0.1, -0.05) is 6.07 Å². The Morgan fingerprint density at radius 2 is 2.20 bits per heavy atom. The number of thiazole rings is 1. The van der Waals surface area contributed by atoms with Gasteiger partial charge in [0.25, 0.3) is 0 Å². The minimum Gasteiger partial charge on any atom is -0.478 e. The van der Waals surface area contributed by atoms with Crippen molar-refractivity contribution in [2.45, 2.75) is 13.5 Å². The van der Waals surface area contributed by atoms with Gasteiger partial charge in [-0.15, -0.1) is 11.3 Å². The molecule has 3 N–H and O–H groups in total. The van der Waals surface area contributed by atoms with Gasteiger partial charge >= 0.3 is 12.0 Å². The molecule has 2 amide bonds. The lowest BCUT2D eigenvalue weighted by atomic mass is 10.1. The second-order valence-electron chi connectivity index (χ2n) is 4.12. The maximum absolute atomic E-state index is 11.7. The Hall–Kier alpha value is -2.41. The molecule has 0 bridgehead atoms. The molecule has 0 aliphatic rings. The molecule has 0 unspecified atom stereocenters. The van der Waals surface area contributed by atoms with E-state index in [1.54, 1.807) is 24.6 Å². The first kappa shape index (κ1) is 14.0. The standard InChI is InChI=1S/C13H13N3O3S/c1-8-2-3-9(4-11(8)12(17)18)16-13(19)14-5-10-6-20-7-15-10/h2-4,6-7H,5H2,1H3,(H,17,18)(H2,14,16,19). The lowest BCUT2D eigenvalue weighted by molar-refractivity contribution is 0.0696. The number of nitrogens with one attached hydrogen (secondary N) is 2. The zero-order chi connectivity index (χ0) is 14.5. The highest BCUT2D eigenvalue weighted by Gasteiger charge is 2.09. The smallest absolute Gasteiger partial charge is 0.336 e. The van der Waals surface area contributed by atoms with Crippen LogP contribution in [0.25, 0.3) is 0 Å². The van der Waals surface area contributed by atoms with Crippen molar-refractivity contribution in [2.24, 2.45) is 0 Å². The molecule has 0 radical (unpaired) electrons. The molecule has 2 aromatic rings. The van der Waals surface area contributed by atoms with Crippen LogP contribution in [-0.2, 0) is 6.54 Å². The molecular weight excluding hydrogens is 278 g/mol. The molecule has 0 fully saturated rings. The summed E-state index contributed by atoms with van der Waals surface area (Å²) in [7, 11) is 0. The van der Waals surface area contributed by atoms with Crippen molar-refractivity contribution in [3.05, 3.63) is 45.9 Å². The number of rotatable bonds is 4. The third kappa shape index (κ3) is 3.55. The number of hydrogen-bond donors (Lipinski definition) is 3. The van der Waals surface area contributed by atoms with Crippen molar-refractivity contribution in [3.8, 4) is 0 Å². The first-order valence-corrected chi connectivity index (χ1v) is 6.76. The number of benzene rings is 1. The molecule has 1 heterocycles. The Morgan fingerprint density at radius 1 is 1.40 bits per heavy atom. The molecule has 6 nitrogen and oxygen atoms in total. The molecule has 104 valence electrons. The number of aromatic carboxylic acids is 1. The van der Waals surface area contributed by atoms with Crippen LogP contribution in [0.5, 0.6) is 0 Å². The third-order valence-electron chi connectivity index (χ3n) is 2.64. The van der Waals surface area contributed by atoms with Crippen molar-refractivity contribution in [1.29, 1.82) is 0 Å². The summed E-state index contributed by atoms with van der Waals surface area (Å²) in [6.07, 6.45) is 0.